The molecular weight excluding hydrogens is 290 g/mol. The average molecular weight is 310 g/mol. The van der Waals surface area contributed by atoms with Crippen molar-refractivity contribution >= 4 is 17.5 Å². The molecule has 0 aliphatic carbocycles. The first-order valence-corrected chi connectivity index (χ1v) is 7.86. The maximum Gasteiger partial charge on any atom is 0.249 e. The number of likely N-dealkylation sites (tertiary alicyclic amines) is 1. The smallest absolute Gasteiger partial charge is 0.249 e. The number of amides is 1. The maximum absolute atomic E-state index is 12.2. The van der Waals surface area contributed by atoms with Crippen LogP contribution in [-0.2, 0) is 14.3 Å². The molecule has 1 aromatic carbocycles. The second-order valence-electron chi connectivity index (χ2n) is 5.59. The van der Waals surface area contributed by atoms with Crippen LogP contribution in [0.1, 0.15) is 30.9 Å². The lowest BCUT2D eigenvalue weighted by Crippen LogP contribution is -2.46. The van der Waals surface area contributed by atoms with Gasteiger partial charge in [-0.2, -0.15) is 0 Å². The summed E-state index contributed by atoms with van der Waals surface area (Å²) in [5.41, 5.74) is 1.14. The van der Waals surface area contributed by atoms with Crippen LogP contribution >= 0.6 is 11.6 Å². The minimum absolute atomic E-state index is 0.0548. The number of carbonyl (C=O) groups excluding carboxylic acids is 1. The van der Waals surface area contributed by atoms with Gasteiger partial charge in [0.15, 0.2) is 0 Å². The van der Waals surface area contributed by atoms with Gasteiger partial charge in [0, 0.05) is 18.2 Å². The Hall–Kier alpha value is -1.10. The number of rotatable bonds is 5. The number of nitrogens with zero attached hydrogens (tertiary/aromatic N) is 1. The standard InChI is InChI=1S/C16H20ClNO3/c17-13-5-3-12(4-6-13)15-7-8-18(15)16(19)11-20-10-14-2-1-9-21-14/h3-6,14-15H,1-2,7-11H2/t14-,15+/m0/s1. The largest absolute Gasteiger partial charge is 0.376 e. The molecular formula is C16H20ClNO3. The van der Waals surface area contributed by atoms with E-state index in [0.29, 0.717) is 6.61 Å². The van der Waals surface area contributed by atoms with Crippen LogP contribution in [0.25, 0.3) is 0 Å². The van der Waals surface area contributed by atoms with Crippen LogP contribution in [0.5, 0.6) is 0 Å². The molecule has 2 heterocycles. The third kappa shape index (κ3) is 3.57. The van der Waals surface area contributed by atoms with Gasteiger partial charge in [-0.15, -0.1) is 0 Å². The molecule has 2 fully saturated rings. The number of carbonyl (C=O) groups is 1. The van der Waals surface area contributed by atoms with E-state index in [0.717, 1.165) is 43.0 Å². The minimum Gasteiger partial charge on any atom is -0.376 e. The Balaban J connectivity index is 1.47. The van der Waals surface area contributed by atoms with Crippen LogP contribution in [-0.4, -0.2) is 43.3 Å². The second-order valence-corrected chi connectivity index (χ2v) is 6.03. The van der Waals surface area contributed by atoms with E-state index in [-0.39, 0.29) is 24.7 Å². The first kappa shape index (κ1) is 14.8. The van der Waals surface area contributed by atoms with Crippen molar-refractivity contribution in [1.82, 2.24) is 4.90 Å². The number of hydrogen-bond acceptors (Lipinski definition) is 3. The highest BCUT2D eigenvalue weighted by molar-refractivity contribution is 6.30. The summed E-state index contributed by atoms with van der Waals surface area (Å²) in [7, 11) is 0. The zero-order valence-electron chi connectivity index (χ0n) is 12.0. The Bertz CT molecular complexity index is 485. The van der Waals surface area contributed by atoms with E-state index in [1.54, 1.807) is 0 Å². The van der Waals surface area contributed by atoms with Crippen molar-refractivity contribution in [1.29, 1.82) is 0 Å². The van der Waals surface area contributed by atoms with Crippen LogP contribution in [0.4, 0.5) is 0 Å². The van der Waals surface area contributed by atoms with Gasteiger partial charge in [-0.3, -0.25) is 4.79 Å². The zero-order chi connectivity index (χ0) is 14.7. The molecule has 114 valence electrons. The molecule has 0 N–H and O–H groups in total. The molecule has 4 nitrogen and oxygen atoms in total. The number of hydrogen-bond donors (Lipinski definition) is 0. The first-order chi connectivity index (χ1) is 10.2. The summed E-state index contributed by atoms with van der Waals surface area (Å²) in [4.78, 5) is 14.1. The predicted molar refractivity (Wildman–Crippen MR) is 80.3 cm³/mol. The molecule has 21 heavy (non-hydrogen) atoms. The fraction of sp³-hybridized carbons (Fsp3) is 0.562. The number of benzene rings is 1. The Morgan fingerprint density at radius 2 is 2.14 bits per heavy atom. The Morgan fingerprint density at radius 3 is 2.76 bits per heavy atom. The first-order valence-electron chi connectivity index (χ1n) is 7.48. The van der Waals surface area contributed by atoms with E-state index in [1.807, 2.05) is 29.2 Å². The van der Waals surface area contributed by atoms with E-state index in [2.05, 4.69) is 0 Å². The molecule has 5 heteroatoms. The fourth-order valence-electron chi connectivity index (χ4n) is 2.85. The Kier molecular flexibility index (Phi) is 4.78. The van der Waals surface area contributed by atoms with E-state index < -0.39 is 0 Å². The summed E-state index contributed by atoms with van der Waals surface area (Å²) in [6.45, 7) is 2.28. The molecule has 0 spiro atoms. The second kappa shape index (κ2) is 6.77. The summed E-state index contributed by atoms with van der Waals surface area (Å²) < 4.78 is 11.0. The summed E-state index contributed by atoms with van der Waals surface area (Å²) in [6.07, 6.45) is 3.29. The molecule has 0 unspecified atom stereocenters. The Labute approximate surface area is 130 Å². The van der Waals surface area contributed by atoms with Crippen molar-refractivity contribution < 1.29 is 14.3 Å². The molecule has 0 aromatic heterocycles. The molecule has 1 aromatic rings. The fourth-order valence-corrected chi connectivity index (χ4v) is 2.98. The molecule has 3 rings (SSSR count). The monoisotopic (exact) mass is 309 g/mol. The van der Waals surface area contributed by atoms with Gasteiger partial charge in [0.2, 0.25) is 5.91 Å². The van der Waals surface area contributed by atoms with E-state index >= 15 is 0 Å². The molecule has 2 aliphatic heterocycles. The Morgan fingerprint density at radius 1 is 1.33 bits per heavy atom. The molecule has 2 aliphatic rings. The lowest BCUT2D eigenvalue weighted by molar-refractivity contribution is -0.145. The highest BCUT2D eigenvalue weighted by atomic mass is 35.5. The molecule has 1 amide bonds. The zero-order valence-corrected chi connectivity index (χ0v) is 12.7. The predicted octanol–water partition coefficient (Wildman–Crippen LogP) is 2.81. The van der Waals surface area contributed by atoms with E-state index in [1.165, 1.54) is 0 Å². The average Bonchev–Trinajstić information content (AvgIpc) is 2.93. The molecule has 0 bridgehead atoms. The van der Waals surface area contributed by atoms with Gasteiger partial charge in [-0.05, 0) is 37.0 Å². The normalized spacial score (nSPS) is 24.9. The van der Waals surface area contributed by atoms with Crippen molar-refractivity contribution in [3.8, 4) is 0 Å². The minimum atomic E-state index is 0.0548. The highest BCUT2D eigenvalue weighted by Gasteiger charge is 2.33. The van der Waals surface area contributed by atoms with Gasteiger partial charge < -0.3 is 14.4 Å². The van der Waals surface area contributed by atoms with Gasteiger partial charge in [0.05, 0.1) is 18.8 Å². The SMILES string of the molecule is O=C(COC[C@@H]1CCCO1)N1CC[C@@H]1c1ccc(Cl)cc1. The van der Waals surface area contributed by atoms with Crippen LogP contribution in [0.3, 0.4) is 0 Å². The number of ether oxygens (including phenoxy) is 2. The van der Waals surface area contributed by atoms with Crippen molar-refractivity contribution in [2.24, 2.45) is 0 Å². The third-order valence-electron chi connectivity index (χ3n) is 4.15. The van der Waals surface area contributed by atoms with Crippen molar-refractivity contribution in [3.63, 3.8) is 0 Å². The van der Waals surface area contributed by atoms with Crippen LogP contribution < -0.4 is 0 Å². The topological polar surface area (TPSA) is 38.8 Å². The molecule has 2 atom stereocenters. The van der Waals surface area contributed by atoms with Gasteiger partial charge in [0.1, 0.15) is 6.61 Å². The van der Waals surface area contributed by atoms with E-state index in [4.69, 9.17) is 21.1 Å². The summed E-state index contributed by atoms with van der Waals surface area (Å²) in [5.74, 6) is 0.0548. The van der Waals surface area contributed by atoms with Gasteiger partial charge in [-0.25, -0.2) is 0 Å². The van der Waals surface area contributed by atoms with Gasteiger partial charge in [-0.1, -0.05) is 23.7 Å². The van der Waals surface area contributed by atoms with Crippen LogP contribution in [0.2, 0.25) is 5.02 Å². The van der Waals surface area contributed by atoms with Gasteiger partial charge >= 0.3 is 0 Å². The lowest BCUT2D eigenvalue weighted by atomic mass is 9.95. The maximum atomic E-state index is 12.2. The highest BCUT2D eigenvalue weighted by Crippen LogP contribution is 2.33. The molecule has 0 radical (unpaired) electrons. The summed E-state index contributed by atoms with van der Waals surface area (Å²) in [6, 6.07) is 7.87. The quantitative estimate of drug-likeness (QED) is 0.839. The van der Waals surface area contributed by atoms with Crippen molar-refractivity contribution in [2.45, 2.75) is 31.4 Å². The summed E-state index contributed by atoms with van der Waals surface area (Å²) >= 11 is 5.89. The number of halogens is 1. The van der Waals surface area contributed by atoms with Gasteiger partial charge in [0.25, 0.3) is 0 Å². The van der Waals surface area contributed by atoms with Crippen LogP contribution in [0.15, 0.2) is 24.3 Å². The summed E-state index contributed by atoms with van der Waals surface area (Å²) in [5, 5.41) is 0.718. The molecule has 0 saturated carbocycles. The third-order valence-corrected chi connectivity index (χ3v) is 4.40. The lowest BCUT2D eigenvalue weighted by Gasteiger charge is -2.41. The van der Waals surface area contributed by atoms with E-state index in [9.17, 15) is 4.79 Å². The molecule has 2 saturated heterocycles. The van der Waals surface area contributed by atoms with Crippen molar-refractivity contribution in [2.75, 3.05) is 26.4 Å². The van der Waals surface area contributed by atoms with Crippen molar-refractivity contribution in [3.05, 3.63) is 34.9 Å². The van der Waals surface area contributed by atoms with Crippen LogP contribution in [0, 0.1) is 0 Å².